The number of halogens is 2. The first-order chi connectivity index (χ1) is 10.9. The molecule has 1 atom stereocenters. The van der Waals surface area contributed by atoms with Crippen LogP contribution >= 0.6 is 0 Å². The van der Waals surface area contributed by atoms with Gasteiger partial charge in [-0.05, 0) is 0 Å². The van der Waals surface area contributed by atoms with Crippen molar-refractivity contribution in [2.45, 2.75) is 55.1 Å². The van der Waals surface area contributed by atoms with Crippen molar-refractivity contribution in [1.82, 2.24) is 0 Å². The van der Waals surface area contributed by atoms with Crippen LogP contribution in [0, 0.1) is 29.6 Å². The second-order valence-corrected chi connectivity index (χ2v) is 13.4. The summed E-state index contributed by atoms with van der Waals surface area (Å²) in [5, 5.41) is 0. The maximum atomic E-state index is 13.1. The average molecular weight is 547 g/mol. The molecule has 2 N–H and O–H groups in total. The van der Waals surface area contributed by atoms with E-state index in [1.165, 1.54) is 32.1 Å². The normalized spacial score (nSPS) is 41.5. The summed E-state index contributed by atoms with van der Waals surface area (Å²) in [7, 11) is 0. The maximum absolute atomic E-state index is 13.1. The van der Waals surface area contributed by atoms with Crippen LogP contribution in [-0.4, -0.2) is 29.4 Å². The van der Waals surface area contributed by atoms with Gasteiger partial charge in [0.25, 0.3) is 0 Å². The number of nitrogens with two attached hydrogens (primary N) is 1. The number of ether oxygens (including phenoxy) is 1. The number of carbonyl (C=O) groups is 1. The fourth-order valence-corrected chi connectivity index (χ4v) is 11.9. The van der Waals surface area contributed by atoms with Crippen LogP contribution in [0.1, 0.15) is 46.0 Å². The van der Waals surface area contributed by atoms with Crippen LogP contribution in [0.5, 0.6) is 0 Å². The van der Waals surface area contributed by atoms with Crippen molar-refractivity contribution in [2.24, 2.45) is 35.3 Å². The van der Waals surface area contributed by atoms with E-state index in [4.69, 9.17) is 10.5 Å². The Labute approximate surface area is 161 Å². The summed E-state index contributed by atoms with van der Waals surface area (Å²) in [6, 6.07) is 0. The van der Waals surface area contributed by atoms with Gasteiger partial charge < -0.3 is 0 Å². The van der Waals surface area contributed by atoms with Gasteiger partial charge in [0.1, 0.15) is 0 Å². The number of hydrogen-bond donors (Lipinski definition) is 1. The van der Waals surface area contributed by atoms with Gasteiger partial charge in [0, 0.05) is 0 Å². The summed E-state index contributed by atoms with van der Waals surface area (Å²) in [5.41, 5.74) is 6.29. The molecule has 136 valence electrons. The van der Waals surface area contributed by atoms with E-state index in [1.54, 1.807) is 0 Å². The molecular weight excluding hydrogens is 516 g/mol. The second-order valence-electron chi connectivity index (χ2n) is 8.15. The fourth-order valence-electron chi connectivity index (χ4n) is 5.77. The van der Waals surface area contributed by atoms with Crippen LogP contribution < -0.4 is 48.1 Å². The Kier molecular flexibility index (Phi) is 5.60. The molecule has 0 aromatic heterocycles. The Morgan fingerprint density at radius 1 is 1.17 bits per heavy atom. The Hall–Kier alpha value is 0.890. The average Bonchev–Trinajstić information content (AvgIpc) is 2.49. The first-order valence-corrected chi connectivity index (χ1v) is 15.7. The van der Waals surface area contributed by atoms with Gasteiger partial charge in [0.15, 0.2) is 0 Å². The number of rotatable bonds is 6. The molecule has 0 aliphatic heterocycles. The molecule has 4 fully saturated rings. The Morgan fingerprint density at radius 2 is 1.70 bits per heavy atom. The molecular formula is C18H31I2NO2-2. The van der Waals surface area contributed by atoms with E-state index in [1.807, 2.05) is 0 Å². The number of alkyl halides is 4. The molecule has 4 aliphatic carbocycles. The van der Waals surface area contributed by atoms with E-state index in [0.717, 1.165) is 16.3 Å². The quantitative estimate of drug-likeness (QED) is 0.163. The third-order valence-corrected chi connectivity index (χ3v) is 12.8. The molecule has 23 heavy (non-hydrogen) atoms. The van der Waals surface area contributed by atoms with Gasteiger partial charge >= 0.3 is 163 Å². The van der Waals surface area contributed by atoms with E-state index in [2.05, 4.69) is 23.7 Å². The van der Waals surface area contributed by atoms with Crippen molar-refractivity contribution in [2.75, 3.05) is 14.3 Å². The van der Waals surface area contributed by atoms with Gasteiger partial charge in [-0.25, -0.2) is 0 Å². The molecule has 4 aliphatic rings. The summed E-state index contributed by atoms with van der Waals surface area (Å²) >= 11 is -0.336. The molecule has 3 nitrogen and oxygen atoms in total. The van der Waals surface area contributed by atoms with E-state index in [9.17, 15) is 4.79 Å². The minimum absolute atomic E-state index is 0.00939. The first kappa shape index (κ1) is 18.7. The summed E-state index contributed by atoms with van der Waals surface area (Å²) < 4.78 is 6.70. The zero-order chi connectivity index (χ0) is 16.8. The van der Waals surface area contributed by atoms with Crippen molar-refractivity contribution in [3.8, 4) is 0 Å². The van der Waals surface area contributed by atoms with Gasteiger partial charge in [0.05, 0.1) is 0 Å². The molecule has 0 radical (unpaired) electrons. The van der Waals surface area contributed by atoms with E-state index in [0.29, 0.717) is 17.8 Å². The minimum atomic E-state index is -0.641. The van der Waals surface area contributed by atoms with Gasteiger partial charge in [-0.1, -0.05) is 0 Å². The number of esters is 1. The SMILES string of the molecule is C[I-]CC(N)([I-]C)C(=O)OC1(C(C)C)C2CC3CC(C2)CC1C3. The van der Waals surface area contributed by atoms with Crippen molar-refractivity contribution < 1.29 is 51.9 Å². The molecule has 0 aromatic rings. The van der Waals surface area contributed by atoms with Crippen molar-refractivity contribution in [1.29, 1.82) is 0 Å². The van der Waals surface area contributed by atoms with Crippen LogP contribution in [0.3, 0.4) is 0 Å². The summed E-state index contributed by atoms with van der Waals surface area (Å²) in [6.07, 6.45) is 6.53. The second kappa shape index (κ2) is 6.89. The monoisotopic (exact) mass is 547 g/mol. The molecule has 4 bridgehead atoms. The summed E-state index contributed by atoms with van der Waals surface area (Å²) in [5.74, 6) is 3.29. The van der Waals surface area contributed by atoms with E-state index >= 15 is 0 Å². The van der Waals surface area contributed by atoms with Gasteiger partial charge in [0.2, 0.25) is 0 Å². The number of carbonyl (C=O) groups excluding carboxylic acids is 1. The fraction of sp³-hybridized carbons (Fsp3) is 0.944. The standard InChI is InChI=1S/C18H31I2NO2/c1-11(2)18(23-16(22)17(21,20-4)10-19-3)14-6-12-5-13(8-14)9-15(18)7-12/h11-15H,5-10,21H2,1-4H3/q-2. The molecule has 4 saturated carbocycles. The molecule has 0 amide bonds. The van der Waals surface area contributed by atoms with Crippen molar-refractivity contribution >= 4 is 5.97 Å². The van der Waals surface area contributed by atoms with Crippen molar-refractivity contribution in [3.05, 3.63) is 0 Å². The first-order valence-electron chi connectivity index (χ1n) is 8.82. The molecule has 1 unspecified atom stereocenters. The van der Waals surface area contributed by atoms with Gasteiger partial charge in [-0.15, -0.1) is 0 Å². The molecule has 0 spiro atoms. The predicted molar refractivity (Wildman–Crippen MR) is 84.3 cm³/mol. The van der Waals surface area contributed by atoms with Crippen LogP contribution in [0.25, 0.3) is 0 Å². The molecule has 0 saturated heterocycles. The Balaban J connectivity index is 1.86. The van der Waals surface area contributed by atoms with Crippen LogP contribution in [-0.2, 0) is 9.53 Å². The molecule has 0 aromatic carbocycles. The van der Waals surface area contributed by atoms with Crippen LogP contribution in [0.4, 0.5) is 0 Å². The van der Waals surface area contributed by atoms with Gasteiger partial charge in [-0.3, -0.25) is 0 Å². The third-order valence-electron chi connectivity index (χ3n) is 6.59. The van der Waals surface area contributed by atoms with Crippen LogP contribution in [0.2, 0.25) is 0 Å². The molecule has 5 heteroatoms. The molecule has 0 heterocycles. The summed E-state index contributed by atoms with van der Waals surface area (Å²) in [4.78, 5) is 17.4. The van der Waals surface area contributed by atoms with Crippen LogP contribution in [0.15, 0.2) is 0 Å². The predicted octanol–water partition coefficient (Wildman–Crippen LogP) is -3.53. The summed E-state index contributed by atoms with van der Waals surface area (Å²) in [6.45, 7) is 4.53. The zero-order valence-electron chi connectivity index (χ0n) is 14.8. The van der Waals surface area contributed by atoms with E-state index < -0.39 is 3.55 Å². The molecule has 4 rings (SSSR count). The third kappa shape index (κ3) is 3.09. The van der Waals surface area contributed by atoms with E-state index in [-0.39, 0.29) is 54.0 Å². The Morgan fingerprint density at radius 3 is 2.09 bits per heavy atom. The van der Waals surface area contributed by atoms with Gasteiger partial charge in [-0.2, -0.15) is 0 Å². The zero-order valence-corrected chi connectivity index (χ0v) is 19.1. The van der Waals surface area contributed by atoms with Crippen molar-refractivity contribution in [3.63, 3.8) is 0 Å². The topological polar surface area (TPSA) is 52.3 Å². The number of hydrogen-bond acceptors (Lipinski definition) is 3. The Bertz CT molecular complexity index is 440.